The summed E-state index contributed by atoms with van der Waals surface area (Å²) < 4.78 is 0. The molecule has 0 spiro atoms. The van der Waals surface area contributed by atoms with Crippen molar-refractivity contribution in [3.63, 3.8) is 0 Å². The molecule has 90 valence electrons. The lowest BCUT2D eigenvalue weighted by Gasteiger charge is -2.15. The van der Waals surface area contributed by atoms with Crippen molar-refractivity contribution in [3.05, 3.63) is 0 Å². The number of hydrogen-bond acceptors (Lipinski definition) is 4. The minimum Gasteiger partial charge on any atom is -0.480 e. The highest BCUT2D eigenvalue weighted by molar-refractivity contribution is 7.99. The van der Waals surface area contributed by atoms with Gasteiger partial charge in [-0.3, -0.25) is 9.59 Å². The zero-order valence-electron chi connectivity index (χ0n) is 8.64. The van der Waals surface area contributed by atoms with Gasteiger partial charge in [0.2, 0.25) is 11.8 Å². The molecule has 2 unspecified atom stereocenters. The van der Waals surface area contributed by atoms with Gasteiger partial charge in [0.25, 0.3) is 0 Å². The molecular formula is C9H14N2O4S. The highest BCUT2D eigenvalue weighted by atomic mass is 32.2. The summed E-state index contributed by atoms with van der Waals surface area (Å²) in [6, 6.07) is -1.21. The second-order valence-electron chi connectivity index (χ2n) is 3.63. The van der Waals surface area contributed by atoms with E-state index in [0.29, 0.717) is 5.75 Å². The largest absolute Gasteiger partial charge is 0.480 e. The van der Waals surface area contributed by atoms with E-state index < -0.39 is 17.9 Å². The summed E-state index contributed by atoms with van der Waals surface area (Å²) in [5, 5.41) is 11.1. The maximum Gasteiger partial charge on any atom is 0.326 e. The van der Waals surface area contributed by atoms with Gasteiger partial charge >= 0.3 is 5.97 Å². The molecule has 0 aliphatic carbocycles. The summed E-state index contributed by atoms with van der Waals surface area (Å²) in [6.07, 6.45) is 0.375. The van der Waals surface area contributed by atoms with Crippen LogP contribution < -0.4 is 11.1 Å². The van der Waals surface area contributed by atoms with Gasteiger partial charge in [0, 0.05) is 11.7 Å². The Kier molecular flexibility index (Phi) is 4.60. The Morgan fingerprint density at radius 1 is 1.50 bits per heavy atom. The molecule has 0 aromatic rings. The molecule has 0 bridgehead atoms. The smallest absolute Gasteiger partial charge is 0.326 e. The van der Waals surface area contributed by atoms with E-state index >= 15 is 0 Å². The summed E-state index contributed by atoms with van der Waals surface area (Å²) in [4.78, 5) is 33.0. The molecule has 16 heavy (non-hydrogen) atoms. The molecule has 1 aliphatic rings. The summed E-state index contributed by atoms with van der Waals surface area (Å²) >= 11 is 1.66. The predicted octanol–water partition coefficient (Wildman–Crippen LogP) is -0.816. The lowest BCUT2D eigenvalue weighted by atomic mass is 10.1. The molecule has 0 radical (unpaired) electrons. The number of carbonyl (C=O) groups excluding carboxylic acids is 2. The lowest BCUT2D eigenvalue weighted by molar-refractivity contribution is -0.143. The molecule has 2 amide bonds. The molecule has 6 nitrogen and oxygen atoms in total. The Balaban J connectivity index is 2.50. The molecule has 7 heteroatoms. The highest BCUT2D eigenvalue weighted by Crippen LogP contribution is 2.23. The van der Waals surface area contributed by atoms with Gasteiger partial charge in [-0.05, 0) is 12.2 Å². The predicted molar refractivity (Wildman–Crippen MR) is 58.8 cm³/mol. The van der Waals surface area contributed by atoms with Crippen LogP contribution in [0.15, 0.2) is 0 Å². The van der Waals surface area contributed by atoms with Crippen molar-refractivity contribution in [2.75, 3.05) is 11.5 Å². The van der Waals surface area contributed by atoms with Crippen molar-refractivity contribution in [3.8, 4) is 0 Å². The lowest BCUT2D eigenvalue weighted by Crippen LogP contribution is -2.45. The molecule has 1 saturated heterocycles. The maximum absolute atomic E-state index is 11.6. The molecule has 0 aromatic carbocycles. The molecule has 0 saturated carbocycles. The van der Waals surface area contributed by atoms with Crippen LogP contribution in [0.1, 0.15) is 12.8 Å². The van der Waals surface area contributed by atoms with Crippen LogP contribution in [-0.4, -0.2) is 40.4 Å². The second kappa shape index (κ2) is 5.74. The number of thioether (sulfide) groups is 1. The molecule has 2 atom stereocenters. The van der Waals surface area contributed by atoms with Gasteiger partial charge in [0.05, 0.1) is 6.42 Å². The van der Waals surface area contributed by atoms with E-state index in [1.807, 2.05) is 0 Å². The average molecular weight is 246 g/mol. The standard InChI is InChI=1S/C9H14N2O4S/c10-7(12)3-6(9(14)15)11-8(13)5-1-2-16-4-5/h5-6H,1-4H2,(H2,10,12)(H,11,13)(H,14,15). The number of carboxylic acid groups (broad SMARTS) is 1. The van der Waals surface area contributed by atoms with Crippen LogP contribution in [0.25, 0.3) is 0 Å². The Hall–Kier alpha value is -1.24. The summed E-state index contributed by atoms with van der Waals surface area (Å²) in [7, 11) is 0. The molecule has 0 aromatic heterocycles. The number of rotatable bonds is 5. The van der Waals surface area contributed by atoms with E-state index in [1.54, 1.807) is 11.8 Å². The number of nitrogens with two attached hydrogens (primary N) is 1. The normalized spacial score (nSPS) is 21.4. The summed E-state index contributed by atoms with van der Waals surface area (Å²) in [5.74, 6) is -0.829. The molecule has 1 rings (SSSR count). The fourth-order valence-electron chi connectivity index (χ4n) is 1.43. The fraction of sp³-hybridized carbons (Fsp3) is 0.667. The monoisotopic (exact) mass is 246 g/mol. The highest BCUT2D eigenvalue weighted by Gasteiger charge is 2.28. The first-order chi connectivity index (χ1) is 7.50. The van der Waals surface area contributed by atoms with Crippen LogP contribution in [0.2, 0.25) is 0 Å². The van der Waals surface area contributed by atoms with Crippen LogP contribution in [0.5, 0.6) is 0 Å². The van der Waals surface area contributed by atoms with Gasteiger partial charge in [-0.1, -0.05) is 0 Å². The van der Waals surface area contributed by atoms with Gasteiger partial charge in [-0.15, -0.1) is 0 Å². The number of carboxylic acids is 1. The molecular weight excluding hydrogens is 232 g/mol. The van der Waals surface area contributed by atoms with E-state index in [4.69, 9.17) is 10.8 Å². The van der Waals surface area contributed by atoms with Crippen LogP contribution in [0.4, 0.5) is 0 Å². The van der Waals surface area contributed by atoms with E-state index in [0.717, 1.165) is 12.2 Å². The van der Waals surface area contributed by atoms with Gasteiger partial charge in [-0.2, -0.15) is 11.8 Å². The minimum atomic E-state index is -1.24. The molecule has 1 fully saturated rings. The first-order valence-corrected chi connectivity index (χ1v) is 6.05. The summed E-state index contributed by atoms with van der Waals surface area (Å²) in [5.41, 5.74) is 4.90. The van der Waals surface area contributed by atoms with Gasteiger partial charge < -0.3 is 16.2 Å². The number of aliphatic carboxylic acids is 1. The van der Waals surface area contributed by atoms with Crippen molar-refractivity contribution in [1.29, 1.82) is 0 Å². The number of carbonyl (C=O) groups is 3. The van der Waals surface area contributed by atoms with Crippen LogP contribution in [0.3, 0.4) is 0 Å². The molecule has 1 aliphatic heterocycles. The Morgan fingerprint density at radius 3 is 2.62 bits per heavy atom. The SMILES string of the molecule is NC(=O)CC(NC(=O)C1CCSC1)C(=O)O. The number of nitrogens with one attached hydrogen (secondary N) is 1. The van der Waals surface area contributed by atoms with Crippen LogP contribution in [0, 0.1) is 5.92 Å². The fourth-order valence-corrected chi connectivity index (χ4v) is 2.65. The first-order valence-electron chi connectivity index (χ1n) is 4.90. The van der Waals surface area contributed by atoms with E-state index in [1.165, 1.54) is 0 Å². The van der Waals surface area contributed by atoms with Crippen molar-refractivity contribution < 1.29 is 19.5 Å². The van der Waals surface area contributed by atoms with E-state index in [-0.39, 0.29) is 18.2 Å². The van der Waals surface area contributed by atoms with Gasteiger partial charge in [-0.25, -0.2) is 4.79 Å². The number of hydrogen-bond donors (Lipinski definition) is 3. The number of primary amides is 1. The third kappa shape index (κ3) is 3.73. The summed E-state index contributed by atoms with van der Waals surface area (Å²) in [6.45, 7) is 0. The van der Waals surface area contributed by atoms with Gasteiger partial charge in [0.15, 0.2) is 0 Å². The third-order valence-corrected chi connectivity index (χ3v) is 3.48. The Morgan fingerprint density at radius 2 is 2.19 bits per heavy atom. The Bertz CT molecular complexity index is 302. The van der Waals surface area contributed by atoms with E-state index in [9.17, 15) is 14.4 Å². The van der Waals surface area contributed by atoms with Crippen LogP contribution in [-0.2, 0) is 14.4 Å². The van der Waals surface area contributed by atoms with Crippen LogP contribution >= 0.6 is 11.8 Å². The molecule has 4 N–H and O–H groups in total. The first kappa shape index (κ1) is 12.8. The molecule has 1 heterocycles. The van der Waals surface area contributed by atoms with Crippen molar-refractivity contribution in [2.24, 2.45) is 11.7 Å². The van der Waals surface area contributed by atoms with Gasteiger partial charge in [0.1, 0.15) is 6.04 Å². The maximum atomic E-state index is 11.6. The third-order valence-electron chi connectivity index (χ3n) is 2.32. The Labute approximate surface area is 96.9 Å². The van der Waals surface area contributed by atoms with E-state index in [2.05, 4.69) is 5.32 Å². The number of amides is 2. The van der Waals surface area contributed by atoms with Crippen molar-refractivity contribution in [2.45, 2.75) is 18.9 Å². The van der Waals surface area contributed by atoms with Crippen molar-refractivity contribution >= 4 is 29.5 Å². The topological polar surface area (TPSA) is 109 Å². The minimum absolute atomic E-state index is 0.153. The average Bonchev–Trinajstić information content (AvgIpc) is 2.68. The second-order valence-corrected chi connectivity index (χ2v) is 4.78. The van der Waals surface area contributed by atoms with Crippen molar-refractivity contribution in [1.82, 2.24) is 5.32 Å². The zero-order valence-corrected chi connectivity index (χ0v) is 9.46. The quantitative estimate of drug-likeness (QED) is 0.587. The zero-order chi connectivity index (χ0) is 12.1.